The highest BCUT2D eigenvalue weighted by Crippen LogP contribution is 2.27. The van der Waals surface area contributed by atoms with Crippen LogP contribution in [0, 0.1) is 5.92 Å². The monoisotopic (exact) mass is 347 g/mol. The van der Waals surface area contributed by atoms with Crippen LogP contribution in [0.4, 0.5) is 0 Å². The number of benzene rings is 1. The highest BCUT2D eigenvalue weighted by molar-refractivity contribution is 6.35. The Morgan fingerprint density at radius 2 is 2.04 bits per heavy atom. The molecule has 25 heavy (non-hydrogen) atoms. The maximum absolute atomic E-state index is 11.6. The Morgan fingerprint density at radius 3 is 2.68 bits per heavy atom. The Labute approximate surface area is 147 Å². The van der Waals surface area contributed by atoms with E-state index in [1.54, 1.807) is 25.3 Å². The molecule has 7 nitrogen and oxygen atoms in total. The highest BCUT2D eigenvalue weighted by atomic mass is 16.5. The van der Waals surface area contributed by atoms with Crippen molar-refractivity contribution in [2.75, 3.05) is 13.7 Å². The van der Waals surface area contributed by atoms with Gasteiger partial charge in [0.1, 0.15) is 0 Å². The molecule has 7 heteroatoms. The third kappa shape index (κ3) is 6.45. The highest BCUT2D eigenvalue weighted by Gasteiger charge is 2.26. The van der Waals surface area contributed by atoms with Gasteiger partial charge in [-0.3, -0.25) is 9.59 Å². The zero-order valence-electron chi connectivity index (χ0n) is 14.9. The van der Waals surface area contributed by atoms with E-state index in [2.05, 4.69) is 29.7 Å². The number of nitrogens with one attached hydrogen (secondary N) is 2. The molecular weight excluding hydrogens is 322 g/mol. The predicted octanol–water partition coefficient (Wildman–Crippen LogP) is 1.85. The molecule has 1 aliphatic rings. The molecule has 0 heterocycles. The lowest BCUT2D eigenvalue weighted by Crippen LogP contribution is -2.38. The van der Waals surface area contributed by atoms with E-state index in [4.69, 9.17) is 9.47 Å². The van der Waals surface area contributed by atoms with E-state index in [0.29, 0.717) is 24.0 Å². The van der Waals surface area contributed by atoms with Gasteiger partial charge in [-0.25, -0.2) is 5.43 Å². The van der Waals surface area contributed by atoms with Gasteiger partial charge in [-0.1, -0.05) is 13.8 Å². The average Bonchev–Trinajstić information content (AvgIpc) is 3.39. The first-order valence-corrected chi connectivity index (χ1v) is 8.44. The summed E-state index contributed by atoms with van der Waals surface area (Å²) in [5.41, 5.74) is 2.93. The van der Waals surface area contributed by atoms with Gasteiger partial charge in [0.25, 0.3) is 0 Å². The number of carbonyl (C=O) groups is 2. The molecule has 1 aromatic carbocycles. The van der Waals surface area contributed by atoms with Crippen LogP contribution in [0.2, 0.25) is 0 Å². The van der Waals surface area contributed by atoms with E-state index in [9.17, 15) is 9.59 Å². The quantitative estimate of drug-likeness (QED) is 0.427. The number of hydrogen-bond donors (Lipinski definition) is 2. The summed E-state index contributed by atoms with van der Waals surface area (Å²) in [7, 11) is 1.57. The van der Waals surface area contributed by atoms with Gasteiger partial charge in [0.15, 0.2) is 11.5 Å². The lowest BCUT2D eigenvalue weighted by Gasteiger charge is -2.12. The Kier molecular flexibility index (Phi) is 6.80. The van der Waals surface area contributed by atoms with E-state index in [1.165, 1.54) is 6.21 Å². The topological polar surface area (TPSA) is 89.0 Å². The second kappa shape index (κ2) is 9.05. The summed E-state index contributed by atoms with van der Waals surface area (Å²) in [6.07, 6.45) is 4.26. The van der Waals surface area contributed by atoms with E-state index < -0.39 is 11.8 Å². The molecule has 0 bridgehead atoms. The molecule has 1 fully saturated rings. The molecule has 2 amide bonds. The average molecular weight is 347 g/mol. The largest absolute Gasteiger partial charge is 0.493 e. The van der Waals surface area contributed by atoms with Crippen LogP contribution in [0.25, 0.3) is 0 Å². The summed E-state index contributed by atoms with van der Waals surface area (Å²) in [4.78, 5) is 23.1. The van der Waals surface area contributed by atoms with Crippen molar-refractivity contribution in [2.24, 2.45) is 11.0 Å². The Bertz CT molecular complexity index is 639. The van der Waals surface area contributed by atoms with Crippen LogP contribution in [0.1, 0.15) is 38.7 Å². The van der Waals surface area contributed by atoms with Crippen molar-refractivity contribution in [1.82, 2.24) is 10.7 Å². The lowest BCUT2D eigenvalue weighted by atomic mass is 10.1. The summed E-state index contributed by atoms with van der Waals surface area (Å²) >= 11 is 0. The molecule has 0 radical (unpaired) electrons. The van der Waals surface area contributed by atoms with Crippen molar-refractivity contribution in [3.63, 3.8) is 0 Å². The zero-order valence-corrected chi connectivity index (χ0v) is 14.9. The number of amides is 2. The van der Waals surface area contributed by atoms with Crippen LogP contribution < -0.4 is 20.2 Å². The van der Waals surface area contributed by atoms with Crippen molar-refractivity contribution >= 4 is 18.0 Å². The van der Waals surface area contributed by atoms with Gasteiger partial charge < -0.3 is 14.8 Å². The lowest BCUT2D eigenvalue weighted by molar-refractivity contribution is -0.139. The fourth-order valence-corrected chi connectivity index (χ4v) is 1.98. The van der Waals surface area contributed by atoms with Gasteiger partial charge in [-0.2, -0.15) is 5.10 Å². The van der Waals surface area contributed by atoms with Gasteiger partial charge in [-0.15, -0.1) is 0 Å². The fraction of sp³-hybridized carbons (Fsp3) is 0.500. The third-order valence-corrected chi connectivity index (χ3v) is 3.64. The van der Waals surface area contributed by atoms with E-state index in [1.807, 2.05) is 0 Å². The first-order chi connectivity index (χ1) is 12.0. The summed E-state index contributed by atoms with van der Waals surface area (Å²) in [5, 5.41) is 6.39. The van der Waals surface area contributed by atoms with Crippen molar-refractivity contribution in [3.8, 4) is 11.5 Å². The summed E-state index contributed by atoms with van der Waals surface area (Å²) < 4.78 is 11.0. The number of methoxy groups -OCH3 is 1. The molecule has 2 N–H and O–H groups in total. The van der Waals surface area contributed by atoms with Crippen LogP contribution in [0.5, 0.6) is 11.5 Å². The number of carbonyl (C=O) groups excluding carboxylic acids is 2. The Balaban J connectivity index is 1.88. The smallest absolute Gasteiger partial charge is 0.329 e. The van der Waals surface area contributed by atoms with Gasteiger partial charge in [0.2, 0.25) is 0 Å². The number of hydrazone groups is 1. The van der Waals surface area contributed by atoms with Gasteiger partial charge in [-0.05, 0) is 48.9 Å². The van der Waals surface area contributed by atoms with E-state index in [0.717, 1.165) is 24.8 Å². The maximum atomic E-state index is 11.6. The molecular formula is C18H25N3O4. The standard InChI is InChI=1S/C18H25N3O4/c1-12(2)8-9-25-15-7-4-13(10-16(15)24-3)11-19-21-18(23)17(22)20-14-5-6-14/h4,7,10-12,14H,5-6,8-9H2,1-3H3,(H,20,22)(H,21,23)/b19-11-. The summed E-state index contributed by atoms with van der Waals surface area (Å²) in [6.45, 7) is 4.90. The fourth-order valence-electron chi connectivity index (χ4n) is 1.98. The molecule has 0 aliphatic heterocycles. The van der Waals surface area contributed by atoms with Crippen molar-refractivity contribution in [1.29, 1.82) is 0 Å². The van der Waals surface area contributed by atoms with E-state index in [-0.39, 0.29) is 6.04 Å². The van der Waals surface area contributed by atoms with Crippen molar-refractivity contribution in [3.05, 3.63) is 23.8 Å². The Hall–Kier alpha value is -2.57. The molecule has 0 unspecified atom stereocenters. The van der Waals surface area contributed by atoms with Crippen molar-refractivity contribution in [2.45, 2.75) is 39.2 Å². The predicted molar refractivity (Wildman–Crippen MR) is 94.8 cm³/mol. The van der Waals surface area contributed by atoms with Gasteiger partial charge in [0.05, 0.1) is 19.9 Å². The van der Waals surface area contributed by atoms with Crippen molar-refractivity contribution < 1.29 is 19.1 Å². The van der Waals surface area contributed by atoms with Crippen LogP contribution in [-0.4, -0.2) is 37.8 Å². The first kappa shape index (κ1) is 18.8. The molecule has 136 valence electrons. The molecule has 0 aromatic heterocycles. The summed E-state index contributed by atoms with van der Waals surface area (Å²) in [5.74, 6) is 0.381. The summed E-state index contributed by atoms with van der Waals surface area (Å²) in [6, 6.07) is 5.48. The molecule has 1 aliphatic carbocycles. The molecule has 1 aromatic rings. The maximum Gasteiger partial charge on any atom is 0.329 e. The number of rotatable bonds is 8. The molecule has 0 atom stereocenters. The number of nitrogens with zero attached hydrogens (tertiary/aromatic N) is 1. The van der Waals surface area contributed by atoms with Gasteiger partial charge in [0, 0.05) is 6.04 Å². The third-order valence-electron chi connectivity index (χ3n) is 3.64. The van der Waals surface area contributed by atoms with Gasteiger partial charge >= 0.3 is 11.8 Å². The SMILES string of the molecule is COc1cc(/C=N\NC(=O)C(=O)NC2CC2)ccc1OCCC(C)C. The zero-order chi connectivity index (χ0) is 18.2. The first-order valence-electron chi connectivity index (χ1n) is 8.44. The molecule has 0 spiro atoms. The Morgan fingerprint density at radius 1 is 1.28 bits per heavy atom. The van der Waals surface area contributed by atoms with Crippen LogP contribution in [0.3, 0.4) is 0 Å². The molecule has 2 rings (SSSR count). The van der Waals surface area contributed by atoms with Crippen LogP contribution in [0.15, 0.2) is 23.3 Å². The van der Waals surface area contributed by atoms with E-state index >= 15 is 0 Å². The molecule has 0 saturated heterocycles. The minimum absolute atomic E-state index is 0.134. The van der Waals surface area contributed by atoms with Crippen LogP contribution in [-0.2, 0) is 9.59 Å². The normalized spacial score (nSPS) is 13.8. The minimum Gasteiger partial charge on any atom is -0.493 e. The van der Waals surface area contributed by atoms with Crippen LogP contribution >= 0.6 is 0 Å². The second-order valence-corrected chi connectivity index (χ2v) is 6.39. The second-order valence-electron chi connectivity index (χ2n) is 6.39. The molecule has 1 saturated carbocycles. The number of ether oxygens (including phenoxy) is 2. The number of hydrogen-bond acceptors (Lipinski definition) is 5. The minimum atomic E-state index is -0.774.